The summed E-state index contributed by atoms with van der Waals surface area (Å²) < 4.78 is 0. The second-order valence-corrected chi connectivity index (χ2v) is 7.37. The van der Waals surface area contributed by atoms with Crippen molar-refractivity contribution in [3.8, 4) is 0 Å². The molecule has 1 rings (SSSR count). The van der Waals surface area contributed by atoms with Crippen molar-refractivity contribution in [2.45, 2.75) is 72.5 Å². The fourth-order valence-electron chi connectivity index (χ4n) is 3.47. The van der Waals surface area contributed by atoms with E-state index in [1.54, 1.807) is 0 Å². The van der Waals surface area contributed by atoms with E-state index in [1.165, 1.54) is 0 Å². The molecule has 16 heavy (non-hydrogen) atoms. The van der Waals surface area contributed by atoms with Crippen LogP contribution in [-0.2, 0) is 0 Å². The molecule has 1 fully saturated rings. The third kappa shape index (κ3) is 3.74. The van der Waals surface area contributed by atoms with Crippen molar-refractivity contribution >= 4 is 0 Å². The first-order valence-corrected chi connectivity index (χ1v) is 6.48. The van der Waals surface area contributed by atoms with Gasteiger partial charge in [0.05, 0.1) is 12.2 Å². The number of hydrogen-bond acceptors (Lipinski definition) is 2. The molecule has 0 bridgehead atoms. The third-order valence-electron chi connectivity index (χ3n) is 3.78. The lowest BCUT2D eigenvalue weighted by molar-refractivity contribution is -0.0536. The van der Waals surface area contributed by atoms with Gasteiger partial charge in [0, 0.05) is 0 Å². The largest absolute Gasteiger partial charge is 0.393 e. The van der Waals surface area contributed by atoms with E-state index in [2.05, 4.69) is 34.6 Å². The van der Waals surface area contributed by atoms with Crippen LogP contribution in [0.5, 0.6) is 0 Å². The Hall–Kier alpha value is -0.0800. The van der Waals surface area contributed by atoms with E-state index in [1.807, 2.05) is 0 Å². The quantitative estimate of drug-likeness (QED) is 0.763. The minimum Gasteiger partial charge on any atom is -0.393 e. The van der Waals surface area contributed by atoms with Gasteiger partial charge in [-0.1, -0.05) is 34.6 Å². The number of aliphatic hydroxyl groups is 2. The highest BCUT2D eigenvalue weighted by Gasteiger charge is 2.40. The van der Waals surface area contributed by atoms with Crippen LogP contribution in [0.1, 0.15) is 60.3 Å². The molecule has 0 radical (unpaired) electrons. The lowest BCUT2D eigenvalue weighted by atomic mass is 9.63. The van der Waals surface area contributed by atoms with Crippen LogP contribution < -0.4 is 0 Å². The van der Waals surface area contributed by atoms with Crippen molar-refractivity contribution in [2.75, 3.05) is 0 Å². The molecule has 3 unspecified atom stereocenters. The second-order valence-electron chi connectivity index (χ2n) is 7.37. The summed E-state index contributed by atoms with van der Waals surface area (Å²) in [5, 5.41) is 19.9. The fraction of sp³-hybridized carbons (Fsp3) is 1.00. The van der Waals surface area contributed by atoms with Crippen molar-refractivity contribution in [1.29, 1.82) is 0 Å². The summed E-state index contributed by atoms with van der Waals surface area (Å²) in [7, 11) is 0. The molecule has 0 aromatic carbocycles. The molecule has 1 aliphatic carbocycles. The van der Waals surface area contributed by atoms with Crippen LogP contribution in [0.3, 0.4) is 0 Å². The van der Waals surface area contributed by atoms with Crippen molar-refractivity contribution in [1.82, 2.24) is 0 Å². The van der Waals surface area contributed by atoms with Crippen molar-refractivity contribution in [2.24, 2.45) is 16.7 Å². The summed E-state index contributed by atoms with van der Waals surface area (Å²) in [5.74, 6) is 0.232. The van der Waals surface area contributed by atoms with Gasteiger partial charge in [0.1, 0.15) is 0 Å². The Kier molecular flexibility index (Phi) is 4.07. The summed E-state index contributed by atoms with van der Waals surface area (Å²) in [6, 6.07) is 0. The minimum absolute atomic E-state index is 0.0963. The Balaban J connectivity index is 2.72. The number of rotatable bonds is 2. The maximum atomic E-state index is 10.1. The topological polar surface area (TPSA) is 40.5 Å². The Morgan fingerprint density at radius 2 is 1.56 bits per heavy atom. The maximum Gasteiger partial charge on any atom is 0.0575 e. The van der Waals surface area contributed by atoms with E-state index < -0.39 is 0 Å². The van der Waals surface area contributed by atoms with Crippen molar-refractivity contribution < 1.29 is 10.2 Å². The maximum absolute atomic E-state index is 10.1. The van der Waals surface area contributed by atoms with E-state index in [0.29, 0.717) is 0 Å². The zero-order valence-electron chi connectivity index (χ0n) is 11.5. The first-order valence-electron chi connectivity index (χ1n) is 6.48. The van der Waals surface area contributed by atoms with Crippen LogP contribution in [0.2, 0.25) is 0 Å². The molecule has 96 valence electrons. The molecule has 0 spiro atoms. The Morgan fingerprint density at radius 3 is 2.06 bits per heavy atom. The lowest BCUT2D eigenvalue weighted by Crippen LogP contribution is -2.42. The highest BCUT2D eigenvalue weighted by Crippen LogP contribution is 2.45. The summed E-state index contributed by atoms with van der Waals surface area (Å²) in [4.78, 5) is 0. The molecule has 0 aliphatic heterocycles. The van der Waals surface area contributed by atoms with E-state index in [9.17, 15) is 10.2 Å². The molecule has 3 atom stereocenters. The van der Waals surface area contributed by atoms with E-state index in [-0.39, 0.29) is 29.0 Å². The molecule has 0 heterocycles. The smallest absolute Gasteiger partial charge is 0.0575 e. The Morgan fingerprint density at radius 1 is 1.00 bits per heavy atom. The van der Waals surface area contributed by atoms with Gasteiger partial charge in [-0.15, -0.1) is 0 Å². The number of aliphatic hydroxyl groups excluding tert-OH is 2. The molecule has 0 aromatic rings. The van der Waals surface area contributed by atoms with Gasteiger partial charge in [0.25, 0.3) is 0 Å². The Bertz CT molecular complexity index is 227. The number of hydrogen-bond donors (Lipinski definition) is 2. The molecule has 0 aromatic heterocycles. The molecular formula is C14H28O2. The summed E-state index contributed by atoms with van der Waals surface area (Å²) in [6.07, 6.45) is 2.88. The van der Waals surface area contributed by atoms with Crippen LogP contribution in [-0.4, -0.2) is 22.4 Å². The molecule has 1 saturated carbocycles. The fourth-order valence-corrected chi connectivity index (χ4v) is 3.47. The average Bonchev–Trinajstić information content (AvgIpc) is 2.04. The van der Waals surface area contributed by atoms with Gasteiger partial charge in [0.15, 0.2) is 0 Å². The van der Waals surface area contributed by atoms with Crippen molar-refractivity contribution in [3.63, 3.8) is 0 Å². The third-order valence-corrected chi connectivity index (χ3v) is 3.78. The van der Waals surface area contributed by atoms with Crippen molar-refractivity contribution in [3.05, 3.63) is 0 Å². The SMILES string of the molecule is CC(C)(C)CC(C)(C)C1CC(O)CCC1O. The first-order chi connectivity index (χ1) is 7.12. The van der Waals surface area contributed by atoms with Crippen LogP contribution in [0.4, 0.5) is 0 Å². The molecule has 2 heteroatoms. The van der Waals surface area contributed by atoms with E-state index in [4.69, 9.17) is 0 Å². The van der Waals surface area contributed by atoms with Crippen LogP contribution in [0.15, 0.2) is 0 Å². The minimum atomic E-state index is -0.235. The highest BCUT2D eigenvalue weighted by atomic mass is 16.3. The lowest BCUT2D eigenvalue weighted by Gasteiger charge is -2.44. The van der Waals surface area contributed by atoms with Gasteiger partial charge in [-0.05, 0) is 42.4 Å². The van der Waals surface area contributed by atoms with Crippen LogP contribution in [0, 0.1) is 16.7 Å². The molecular weight excluding hydrogens is 200 g/mol. The van der Waals surface area contributed by atoms with Gasteiger partial charge in [0.2, 0.25) is 0 Å². The second kappa shape index (κ2) is 4.66. The predicted molar refractivity (Wildman–Crippen MR) is 67.2 cm³/mol. The van der Waals surface area contributed by atoms with E-state index >= 15 is 0 Å². The predicted octanol–water partition coefficient (Wildman–Crippen LogP) is 2.97. The van der Waals surface area contributed by atoms with Gasteiger partial charge < -0.3 is 10.2 Å². The van der Waals surface area contributed by atoms with Gasteiger partial charge in [-0.25, -0.2) is 0 Å². The molecule has 0 saturated heterocycles. The molecule has 0 amide bonds. The van der Waals surface area contributed by atoms with E-state index in [0.717, 1.165) is 25.7 Å². The molecule has 2 nitrogen and oxygen atoms in total. The monoisotopic (exact) mass is 228 g/mol. The zero-order chi connectivity index (χ0) is 12.6. The first kappa shape index (κ1) is 14.0. The highest BCUT2D eigenvalue weighted by molar-refractivity contribution is 4.91. The van der Waals surface area contributed by atoms with Crippen LogP contribution >= 0.6 is 0 Å². The normalized spacial score (nSPS) is 32.8. The average molecular weight is 228 g/mol. The van der Waals surface area contributed by atoms with Gasteiger partial charge in [-0.3, -0.25) is 0 Å². The zero-order valence-corrected chi connectivity index (χ0v) is 11.5. The van der Waals surface area contributed by atoms with Gasteiger partial charge >= 0.3 is 0 Å². The Labute approximate surface area is 100 Å². The van der Waals surface area contributed by atoms with Gasteiger partial charge in [-0.2, -0.15) is 0 Å². The summed E-state index contributed by atoms with van der Waals surface area (Å²) >= 11 is 0. The van der Waals surface area contributed by atoms with Crippen LogP contribution in [0.25, 0.3) is 0 Å². The summed E-state index contributed by atoms with van der Waals surface area (Å²) in [6.45, 7) is 11.2. The molecule has 2 N–H and O–H groups in total. The standard InChI is InChI=1S/C14H28O2/c1-13(2,3)9-14(4,5)11-8-10(15)6-7-12(11)16/h10-12,15-16H,6-9H2,1-5H3. The summed E-state index contributed by atoms with van der Waals surface area (Å²) in [5.41, 5.74) is 0.366. The molecule has 1 aliphatic rings.